The number of nitrogen functional groups attached to an aromatic ring is 1. The van der Waals surface area contributed by atoms with Crippen LogP contribution >= 0.6 is 11.3 Å². The summed E-state index contributed by atoms with van der Waals surface area (Å²) >= 11 is 1.07. The molecule has 14 nitrogen and oxygen atoms in total. The van der Waals surface area contributed by atoms with Gasteiger partial charge in [-0.1, -0.05) is 11.3 Å². The minimum absolute atomic E-state index is 0.134. The van der Waals surface area contributed by atoms with E-state index < -0.39 is 0 Å². The number of piperazine rings is 1. The molecule has 1 fully saturated rings. The Morgan fingerprint density at radius 1 is 1.18 bits per heavy atom. The normalized spacial score (nSPS) is 14.1. The number of nitrogens with zero attached hydrogens (tertiary/aromatic N) is 8. The lowest BCUT2D eigenvalue weighted by Crippen LogP contribution is -2.47. The number of thiazole rings is 1. The molecule has 4 aromatic heterocycles. The highest BCUT2D eigenvalue weighted by Crippen LogP contribution is 2.27. The van der Waals surface area contributed by atoms with Crippen molar-refractivity contribution in [2.24, 2.45) is 0 Å². The van der Waals surface area contributed by atoms with E-state index in [1.807, 2.05) is 11.9 Å². The maximum Gasteiger partial charge on any atom is 0.309 e. The Kier molecular flexibility index (Phi) is 8.95. The Hall–Kier alpha value is -4.54. The first-order valence-corrected chi connectivity index (χ1v) is 15.5. The van der Waals surface area contributed by atoms with Crippen molar-refractivity contribution >= 4 is 44.9 Å². The fourth-order valence-corrected chi connectivity index (χ4v) is 6.23. The predicted octanol–water partition coefficient (Wildman–Crippen LogP) is 1.75. The van der Waals surface area contributed by atoms with Gasteiger partial charge in [0.25, 0.3) is 5.91 Å². The zero-order chi connectivity index (χ0) is 31.5. The number of anilines is 2. The van der Waals surface area contributed by atoms with E-state index in [-0.39, 0.29) is 29.2 Å². The van der Waals surface area contributed by atoms with Crippen molar-refractivity contribution in [1.82, 2.24) is 39.3 Å². The average Bonchev–Trinajstić information content (AvgIpc) is 3.79. The van der Waals surface area contributed by atoms with Gasteiger partial charge in [0, 0.05) is 58.9 Å². The van der Waals surface area contributed by atoms with Crippen molar-refractivity contribution in [2.75, 3.05) is 77.1 Å². The van der Waals surface area contributed by atoms with Gasteiger partial charge in [-0.3, -0.25) is 19.1 Å². The molecule has 1 aliphatic rings. The zero-order valence-corrected chi connectivity index (χ0v) is 25.9. The molecule has 238 valence electrons. The van der Waals surface area contributed by atoms with E-state index in [0.717, 1.165) is 37.4 Å². The Bertz CT molecular complexity index is 1850. The SMILES string of the molecule is CNCCN(C)C(=O)COc1ccc(N2CCN(CCCn3c(=O)sc4c3nc(N)n3nc(-c5ccco5)nc43)CC2)c(F)c1. The Balaban J connectivity index is 1.02. The second-order valence-electron chi connectivity index (χ2n) is 10.8. The van der Waals surface area contributed by atoms with Crippen LogP contribution in [-0.4, -0.2) is 106 Å². The van der Waals surface area contributed by atoms with Crippen LogP contribution in [0.1, 0.15) is 6.42 Å². The summed E-state index contributed by atoms with van der Waals surface area (Å²) in [6.45, 7) is 5.18. The van der Waals surface area contributed by atoms with Crippen molar-refractivity contribution in [2.45, 2.75) is 13.0 Å². The van der Waals surface area contributed by atoms with Crippen LogP contribution in [0.15, 0.2) is 45.8 Å². The summed E-state index contributed by atoms with van der Waals surface area (Å²) in [6, 6.07) is 8.23. The average molecular weight is 639 g/mol. The summed E-state index contributed by atoms with van der Waals surface area (Å²) in [5.74, 6) is 0.771. The smallest absolute Gasteiger partial charge is 0.309 e. The first-order chi connectivity index (χ1) is 21.8. The van der Waals surface area contributed by atoms with E-state index >= 15 is 4.39 Å². The van der Waals surface area contributed by atoms with Gasteiger partial charge < -0.3 is 30.0 Å². The number of rotatable bonds is 12. The first kappa shape index (κ1) is 30.5. The van der Waals surface area contributed by atoms with E-state index in [1.165, 1.54) is 16.8 Å². The van der Waals surface area contributed by atoms with Crippen molar-refractivity contribution in [3.8, 4) is 17.3 Å². The first-order valence-electron chi connectivity index (χ1n) is 14.7. The van der Waals surface area contributed by atoms with Crippen molar-refractivity contribution in [3.63, 3.8) is 0 Å². The number of benzene rings is 1. The molecule has 0 aliphatic carbocycles. The predicted molar refractivity (Wildman–Crippen MR) is 169 cm³/mol. The molecule has 1 saturated heterocycles. The van der Waals surface area contributed by atoms with Gasteiger partial charge in [-0.25, -0.2) is 9.37 Å². The number of hydrogen-bond donors (Lipinski definition) is 2. The minimum atomic E-state index is -0.384. The van der Waals surface area contributed by atoms with Crippen LogP contribution in [0.25, 0.3) is 27.6 Å². The van der Waals surface area contributed by atoms with Crippen LogP contribution < -0.4 is 25.6 Å². The van der Waals surface area contributed by atoms with Gasteiger partial charge in [-0.05, 0) is 44.3 Å². The molecule has 0 unspecified atom stereocenters. The number of halogens is 1. The molecule has 0 bridgehead atoms. The van der Waals surface area contributed by atoms with Crippen LogP contribution in [0.4, 0.5) is 16.0 Å². The zero-order valence-electron chi connectivity index (χ0n) is 25.1. The Labute approximate surface area is 261 Å². The van der Waals surface area contributed by atoms with Crippen molar-refractivity contribution in [1.29, 1.82) is 0 Å². The summed E-state index contributed by atoms with van der Waals surface area (Å²) < 4.78 is 29.6. The van der Waals surface area contributed by atoms with Gasteiger partial charge in [-0.15, -0.1) is 5.10 Å². The largest absolute Gasteiger partial charge is 0.484 e. The van der Waals surface area contributed by atoms with Crippen LogP contribution in [0.3, 0.4) is 0 Å². The molecule has 0 saturated carbocycles. The Morgan fingerprint density at radius 3 is 2.73 bits per heavy atom. The summed E-state index contributed by atoms with van der Waals surface area (Å²) in [7, 11) is 3.53. The quantitative estimate of drug-likeness (QED) is 0.206. The highest BCUT2D eigenvalue weighted by Gasteiger charge is 2.22. The standard InChI is InChI=1S/C29H35FN10O4S/c1-32-8-11-36(2)23(41)18-44-19-6-7-21(20(30)17-19)38-14-12-37(13-15-38)9-4-10-39-26-24(45-29(39)42)27-33-25(22-5-3-16-43-22)35-40(27)28(31)34-26/h3,5-7,16-17,32H,4,8-15,18H2,1-2H3,(H2,31,34). The number of amides is 1. The fourth-order valence-electron chi connectivity index (χ4n) is 5.29. The van der Waals surface area contributed by atoms with E-state index in [2.05, 4.69) is 25.3 Å². The molecule has 16 heteroatoms. The molecule has 3 N–H and O–H groups in total. The number of furan rings is 1. The second kappa shape index (κ2) is 13.2. The number of likely N-dealkylation sites (N-methyl/N-ethyl adjacent to an activating group) is 2. The number of carbonyl (C=O) groups is 1. The van der Waals surface area contributed by atoms with Crippen molar-refractivity contribution in [3.05, 3.63) is 52.1 Å². The molecule has 1 amide bonds. The summed E-state index contributed by atoms with van der Waals surface area (Å²) in [5.41, 5.74) is 7.66. The minimum Gasteiger partial charge on any atom is -0.484 e. The van der Waals surface area contributed by atoms with Crippen molar-refractivity contribution < 1.29 is 18.3 Å². The molecular weight excluding hydrogens is 603 g/mol. The number of fused-ring (bicyclic) bond motifs is 3. The van der Waals surface area contributed by atoms with E-state index in [9.17, 15) is 9.59 Å². The topological polar surface area (TPSA) is 152 Å². The van der Waals surface area contributed by atoms with Gasteiger partial charge in [-0.2, -0.15) is 9.50 Å². The molecule has 45 heavy (non-hydrogen) atoms. The molecule has 5 aromatic rings. The Morgan fingerprint density at radius 2 is 2.00 bits per heavy atom. The van der Waals surface area contributed by atoms with Crippen LogP contribution in [-0.2, 0) is 11.3 Å². The number of carbonyl (C=O) groups excluding carboxylic acids is 1. The summed E-state index contributed by atoms with van der Waals surface area (Å²) in [6.07, 6.45) is 2.27. The number of hydrogen-bond acceptors (Lipinski definition) is 12. The lowest BCUT2D eigenvalue weighted by molar-refractivity contribution is -0.132. The third-order valence-corrected chi connectivity index (χ3v) is 8.80. The van der Waals surface area contributed by atoms with Crippen LogP contribution in [0, 0.1) is 5.82 Å². The maximum absolute atomic E-state index is 15.0. The highest BCUT2D eigenvalue weighted by molar-refractivity contribution is 7.17. The number of nitrogens with one attached hydrogen (secondary N) is 1. The molecule has 5 heterocycles. The monoisotopic (exact) mass is 638 g/mol. The summed E-state index contributed by atoms with van der Waals surface area (Å²) in [5, 5.41) is 7.39. The van der Waals surface area contributed by atoms with Crippen LogP contribution in [0.2, 0.25) is 0 Å². The van der Waals surface area contributed by atoms with Gasteiger partial charge >= 0.3 is 4.87 Å². The number of ether oxygens (including phenoxy) is 1. The van der Waals surface area contributed by atoms with Gasteiger partial charge in [0.2, 0.25) is 11.8 Å². The molecule has 0 spiro atoms. The number of aromatic nitrogens is 5. The molecule has 1 aliphatic heterocycles. The molecule has 0 atom stereocenters. The van der Waals surface area contributed by atoms with E-state index in [4.69, 9.17) is 14.9 Å². The van der Waals surface area contributed by atoms with Gasteiger partial charge in [0.1, 0.15) is 16.3 Å². The number of nitrogens with two attached hydrogens (primary N) is 1. The maximum atomic E-state index is 15.0. The van der Waals surface area contributed by atoms with Gasteiger partial charge in [0.05, 0.1) is 12.0 Å². The third-order valence-electron chi connectivity index (χ3n) is 7.83. The lowest BCUT2D eigenvalue weighted by Gasteiger charge is -2.36. The highest BCUT2D eigenvalue weighted by atomic mass is 32.1. The molecule has 0 radical (unpaired) electrons. The summed E-state index contributed by atoms with van der Waals surface area (Å²) in [4.78, 5) is 39.9. The second-order valence-corrected chi connectivity index (χ2v) is 11.8. The molecule has 1 aromatic carbocycles. The van der Waals surface area contributed by atoms with Crippen LogP contribution in [0.5, 0.6) is 5.75 Å². The van der Waals surface area contributed by atoms with Gasteiger partial charge in [0.15, 0.2) is 23.7 Å². The van der Waals surface area contributed by atoms with E-state index in [1.54, 1.807) is 40.8 Å². The number of aryl methyl sites for hydroxylation is 1. The lowest BCUT2D eigenvalue weighted by atomic mass is 10.2. The fraction of sp³-hybridized carbons (Fsp3) is 0.414. The third kappa shape index (κ3) is 6.48. The molecular formula is C29H35FN10O4S. The van der Waals surface area contributed by atoms with E-state index in [0.29, 0.717) is 71.7 Å². The molecule has 6 rings (SSSR count).